The summed E-state index contributed by atoms with van der Waals surface area (Å²) in [6, 6.07) is 0. The molecule has 5 heteroatoms. The molecule has 0 aliphatic carbocycles. The molecule has 1 fully saturated rings. The fourth-order valence-electron chi connectivity index (χ4n) is 2.04. The van der Waals surface area contributed by atoms with Crippen LogP contribution in [0.15, 0.2) is 12.2 Å². The average molecular weight is 331 g/mol. The molecule has 3 atom stereocenters. The largest absolute Gasteiger partial charge is 0.414 e. The second-order valence-corrected chi connectivity index (χ2v) is 12.9. The molecule has 1 aliphatic rings. The lowest BCUT2D eigenvalue weighted by atomic mass is 10.1. The first-order valence-corrected chi connectivity index (χ1v) is 11.1. The molecular weight excluding hydrogens is 296 g/mol. The predicted octanol–water partition coefficient (Wildman–Crippen LogP) is 3.86. The fraction of sp³-hybridized carbons (Fsp3) is 0.882. The van der Waals surface area contributed by atoms with Crippen LogP contribution in [-0.4, -0.2) is 44.1 Å². The van der Waals surface area contributed by atoms with Crippen molar-refractivity contribution in [3.05, 3.63) is 12.2 Å². The fourth-order valence-corrected chi connectivity index (χ4v) is 3.05. The van der Waals surface area contributed by atoms with Crippen LogP contribution in [0.5, 0.6) is 0 Å². The third-order valence-corrected chi connectivity index (χ3v) is 9.08. The molecule has 0 radical (unpaired) electrons. The highest BCUT2D eigenvalue weighted by molar-refractivity contribution is 6.74. The summed E-state index contributed by atoms with van der Waals surface area (Å²) in [7, 11) is -1.81. The van der Waals surface area contributed by atoms with Gasteiger partial charge in [0.15, 0.2) is 14.1 Å². The predicted molar refractivity (Wildman–Crippen MR) is 92.4 cm³/mol. The van der Waals surface area contributed by atoms with Gasteiger partial charge in [0.2, 0.25) is 0 Å². The molecule has 0 unspecified atom stereocenters. The van der Waals surface area contributed by atoms with E-state index >= 15 is 0 Å². The van der Waals surface area contributed by atoms with E-state index in [1.807, 2.05) is 26.8 Å². The number of aliphatic hydroxyl groups excluding tert-OH is 1. The maximum Gasteiger partial charge on any atom is 0.192 e. The van der Waals surface area contributed by atoms with Gasteiger partial charge in [0, 0.05) is 0 Å². The summed E-state index contributed by atoms with van der Waals surface area (Å²) < 4.78 is 18.2. The van der Waals surface area contributed by atoms with E-state index in [-0.39, 0.29) is 17.2 Å². The molecule has 1 N–H and O–H groups in total. The van der Waals surface area contributed by atoms with E-state index in [0.29, 0.717) is 13.0 Å². The number of rotatable bonds is 6. The molecular formula is C17H34O4Si. The van der Waals surface area contributed by atoms with Crippen molar-refractivity contribution in [1.82, 2.24) is 0 Å². The van der Waals surface area contributed by atoms with Crippen LogP contribution in [0, 0.1) is 0 Å². The smallest absolute Gasteiger partial charge is 0.192 e. The highest BCUT2D eigenvalue weighted by Gasteiger charge is 2.43. The molecule has 1 heterocycles. The summed E-state index contributed by atoms with van der Waals surface area (Å²) in [4.78, 5) is 0. The van der Waals surface area contributed by atoms with Gasteiger partial charge in [-0.3, -0.25) is 0 Å². The van der Waals surface area contributed by atoms with Gasteiger partial charge in [-0.1, -0.05) is 39.8 Å². The van der Waals surface area contributed by atoms with E-state index in [1.54, 1.807) is 6.08 Å². The van der Waals surface area contributed by atoms with E-state index in [4.69, 9.17) is 13.9 Å². The van der Waals surface area contributed by atoms with Crippen LogP contribution < -0.4 is 0 Å². The summed E-state index contributed by atoms with van der Waals surface area (Å²) >= 11 is 0. The van der Waals surface area contributed by atoms with Gasteiger partial charge in [-0.25, -0.2) is 0 Å². The number of aliphatic hydroxyl groups is 1. The van der Waals surface area contributed by atoms with Gasteiger partial charge < -0.3 is 19.0 Å². The summed E-state index contributed by atoms with van der Waals surface area (Å²) in [6.45, 7) is 17.4. The first kappa shape index (κ1) is 19.8. The molecule has 0 spiro atoms. The highest BCUT2D eigenvalue weighted by atomic mass is 28.4. The average Bonchev–Trinajstić information content (AvgIpc) is 2.67. The van der Waals surface area contributed by atoms with Crippen LogP contribution in [0.25, 0.3) is 0 Å². The molecule has 0 aromatic rings. The molecule has 0 aromatic heterocycles. The Labute approximate surface area is 137 Å². The molecule has 1 saturated heterocycles. The van der Waals surface area contributed by atoms with Crippen molar-refractivity contribution in [1.29, 1.82) is 0 Å². The van der Waals surface area contributed by atoms with Crippen molar-refractivity contribution in [2.45, 2.75) is 90.2 Å². The summed E-state index contributed by atoms with van der Waals surface area (Å²) in [6.07, 6.45) is 3.63. The summed E-state index contributed by atoms with van der Waals surface area (Å²) in [5, 5.41) is 9.87. The Bertz CT molecular complexity index is 385. The van der Waals surface area contributed by atoms with Gasteiger partial charge in [0.05, 0.1) is 12.7 Å². The zero-order valence-electron chi connectivity index (χ0n) is 15.5. The van der Waals surface area contributed by atoms with E-state index < -0.39 is 20.2 Å². The summed E-state index contributed by atoms with van der Waals surface area (Å²) in [5.74, 6) is -0.617. The topological polar surface area (TPSA) is 47.9 Å². The van der Waals surface area contributed by atoms with E-state index in [0.717, 1.165) is 0 Å². The van der Waals surface area contributed by atoms with Gasteiger partial charge >= 0.3 is 0 Å². The number of hydrogen-bond acceptors (Lipinski definition) is 4. The molecule has 0 aromatic carbocycles. The van der Waals surface area contributed by atoms with Gasteiger partial charge in [0.25, 0.3) is 0 Å². The van der Waals surface area contributed by atoms with Crippen LogP contribution in [-0.2, 0) is 13.9 Å². The molecule has 0 amide bonds. The Morgan fingerprint density at radius 1 is 1.27 bits per heavy atom. The van der Waals surface area contributed by atoms with Gasteiger partial charge in [0.1, 0.15) is 12.2 Å². The van der Waals surface area contributed by atoms with Crippen molar-refractivity contribution in [3.8, 4) is 0 Å². The van der Waals surface area contributed by atoms with Crippen LogP contribution in [0.2, 0.25) is 18.1 Å². The Kier molecular flexibility index (Phi) is 6.44. The Morgan fingerprint density at radius 2 is 1.86 bits per heavy atom. The van der Waals surface area contributed by atoms with Crippen LogP contribution in [0.4, 0.5) is 0 Å². The number of hydrogen-bond donors (Lipinski definition) is 1. The first-order valence-electron chi connectivity index (χ1n) is 8.24. The zero-order chi connectivity index (χ0) is 17.2. The van der Waals surface area contributed by atoms with Crippen LogP contribution >= 0.6 is 0 Å². The lowest BCUT2D eigenvalue weighted by Gasteiger charge is -2.37. The van der Waals surface area contributed by atoms with Crippen molar-refractivity contribution in [2.75, 3.05) is 6.61 Å². The first-order chi connectivity index (χ1) is 9.88. The van der Waals surface area contributed by atoms with E-state index in [2.05, 4.69) is 33.9 Å². The SMILES string of the molecule is CC[C@H](O)/C=C/[C@@H]1OC(C)(C)O[C@H]1CO[Si](C)(C)C(C)(C)C. The Hall–Kier alpha value is -0.203. The highest BCUT2D eigenvalue weighted by Crippen LogP contribution is 2.37. The monoisotopic (exact) mass is 330 g/mol. The van der Waals surface area contributed by atoms with Crippen molar-refractivity contribution in [2.24, 2.45) is 0 Å². The van der Waals surface area contributed by atoms with Crippen LogP contribution in [0.3, 0.4) is 0 Å². The van der Waals surface area contributed by atoms with Gasteiger partial charge in [-0.15, -0.1) is 0 Å². The van der Waals surface area contributed by atoms with Gasteiger partial charge in [-0.05, 0) is 38.4 Å². The standard InChI is InChI=1S/C17H34O4Si/c1-9-13(18)10-11-14-15(21-17(5,6)20-14)12-19-22(7,8)16(2,3)4/h10-11,13-15,18H,9,12H2,1-8H3/b11-10+/t13-,14-,15-/m0/s1. The molecule has 1 aliphatic heterocycles. The maximum atomic E-state index is 9.69. The van der Waals surface area contributed by atoms with Crippen molar-refractivity contribution < 1.29 is 19.0 Å². The number of ether oxygens (including phenoxy) is 2. The molecule has 22 heavy (non-hydrogen) atoms. The summed E-state index contributed by atoms with van der Waals surface area (Å²) in [5.41, 5.74) is 0. The Balaban J connectivity index is 2.72. The minimum atomic E-state index is -1.81. The van der Waals surface area contributed by atoms with Crippen LogP contribution in [0.1, 0.15) is 48.0 Å². The molecule has 4 nitrogen and oxygen atoms in total. The Morgan fingerprint density at radius 3 is 2.36 bits per heavy atom. The molecule has 0 bridgehead atoms. The lowest BCUT2D eigenvalue weighted by molar-refractivity contribution is -0.145. The third kappa shape index (κ3) is 5.46. The molecule has 130 valence electrons. The molecule has 0 saturated carbocycles. The molecule has 1 rings (SSSR count). The third-order valence-electron chi connectivity index (χ3n) is 4.58. The van der Waals surface area contributed by atoms with E-state index in [1.165, 1.54) is 0 Å². The van der Waals surface area contributed by atoms with Crippen molar-refractivity contribution >= 4 is 8.32 Å². The van der Waals surface area contributed by atoms with Crippen molar-refractivity contribution in [3.63, 3.8) is 0 Å². The zero-order valence-corrected chi connectivity index (χ0v) is 16.5. The second-order valence-electron chi connectivity index (χ2n) is 8.07. The minimum absolute atomic E-state index is 0.135. The quantitative estimate of drug-likeness (QED) is 0.593. The lowest BCUT2D eigenvalue weighted by Crippen LogP contribution is -2.43. The second kappa shape index (κ2) is 7.14. The van der Waals surface area contributed by atoms with E-state index in [9.17, 15) is 5.11 Å². The van der Waals surface area contributed by atoms with Gasteiger partial charge in [-0.2, -0.15) is 0 Å². The normalized spacial score (nSPS) is 27.5. The minimum Gasteiger partial charge on any atom is -0.414 e. The maximum absolute atomic E-state index is 9.69.